The number of amides is 1. The number of carbonyl (C=O) groups is 1. The summed E-state index contributed by atoms with van der Waals surface area (Å²) in [6, 6.07) is 5.70. The number of ether oxygens (including phenoxy) is 1. The summed E-state index contributed by atoms with van der Waals surface area (Å²) >= 11 is 0. The van der Waals surface area contributed by atoms with E-state index in [1.807, 2.05) is 31.3 Å². The number of fused-ring (bicyclic) bond motifs is 1. The number of nitrogens with two attached hydrogens (primary N) is 1. The molecule has 5 heteroatoms. The van der Waals surface area contributed by atoms with Gasteiger partial charge in [0.15, 0.2) is 0 Å². The molecule has 0 atom stereocenters. The van der Waals surface area contributed by atoms with Crippen LogP contribution in [-0.2, 0) is 4.79 Å². The number of hydrogen-bond acceptors (Lipinski definition) is 3. The Morgan fingerprint density at radius 1 is 1.53 bits per heavy atom. The van der Waals surface area contributed by atoms with Gasteiger partial charge >= 0.3 is 0 Å². The molecule has 0 spiro atoms. The smallest absolute Gasteiger partial charge is 0.252 e. The van der Waals surface area contributed by atoms with Crippen LogP contribution in [-0.4, -0.2) is 24.2 Å². The molecule has 0 saturated carbocycles. The van der Waals surface area contributed by atoms with Crippen LogP contribution >= 0.6 is 0 Å². The number of carbonyl (C=O) groups excluding carboxylic acids is 1. The largest absolute Gasteiger partial charge is 0.497 e. The van der Waals surface area contributed by atoms with Crippen molar-refractivity contribution in [3.63, 3.8) is 0 Å². The zero-order valence-corrected chi connectivity index (χ0v) is 9.86. The highest BCUT2D eigenvalue weighted by molar-refractivity contribution is 5.90. The van der Waals surface area contributed by atoms with Gasteiger partial charge in [-0.25, -0.2) is 0 Å². The van der Waals surface area contributed by atoms with Gasteiger partial charge in [-0.3, -0.25) is 14.9 Å². The first-order chi connectivity index (χ1) is 8.15. The Kier molecular flexibility index (Phi) is 3.01. The van der Waals surface area contributed by atoms with Crippen LogP contribution in [0.1, 0.15) is 5.56 Å². The van der Waals surface area contributed by atoms with Gasteiger partial charge in [-0.05, 0) is 30.7 Å². The van der Waals surface area contributed by atoms with Crippen LogP contribution in [0.15, 0.2) is 24.4 Å². The van der Waals surface area contributed by atoms with Crippen LogP contribution in [0, 0.1) is 6.92 Å². The first-order valence-corrected chi connectivity index (χ1v) is 5.31. The summed E-state index contributed by atoms with van der Waals surface area (Å²) in [6.45, 7) is 1.95. The lowest BCUT2D eigenvalue weighted by Crippen LogP contribution is -2.28. The Bertz CT molecular complexity index is 560. The van der Waals surface area contributed by atoms with Crippen LogP contribution in [0.25, 0.3) is 10.9 Å². The van der Waals surface area contributed by atoms with Crippen LogP contribution in [0.2, 0.25) is 0 Å². The standard InChI is InChI=1S/C12H15N3O2/c1-8-7-15(14-12(16)6-13)11-4-3-9(17-2)5-10(8)11/h3-5,7H,6,13H2,1-2H3,(H,14,16). The van der Waals surface area contributed by atoms with Crippen molar-refractivity contribution in [2.45, 2.75) is 6.92 Å². The summed E-state index contributed by atoms with van der Waals surface area (Å²) in [5.41, 5.74) is 9.96. The molecule has 1 heterocycles. The minimum absolute atomic E-state index is 0.0329. The molecule has 2 rings (SSSR count). The van der Waals surface area contributed by atoms with Gasteiger partial charge in [-0.1, -0.05) is 0 Å². The van der Waals surface area contributed by atoms with Gasteiger partial charge in [0.25, 0.3) is 5.91 Å². The van der Waals surface area contributed by atoms with Gasteiger partial charge in [0.1, 0.15) is 5.75 Å². The Hall–Kier alpha value is -2.01. The Morgan fingerprint density at radius 2 is 2.29 bits per heavy atom. The number of methoxy groups -OCH3 is 1. The summed E-state index contributed by atoms with van der Waals surface area (Å²) in [4.78, 5) is 11.3. The monoisotopic (exact) mass is 233 g/mol. The van der Waals surface area contributed by atoms with Crippen molar-refractivity contribution in [2.75, 3.05) is 19.1 Å². The molecule has 1 amide bonds. The number of aromatic nitrogens is 1. The molecule has 2 aromatic rings. The number of nitrogens with zero attached hydrogens (tertiary/aromatic N) is 1. The fraction of sp³-hybridized carbons (Fsp3) is 0.250. The van der Waals surface area contributed by atoms with Gasteiger partial charge in [0.05, 0.1) is 19.2 Å². The first kappa shape index (κ1) is 11.5. The first-order valence-electron chi connectivity index (χ1n) is 5.31. The average molecular weight is 233 g/mol. The van der Waals surface area contributed by atoms with Crippen molar-refractivity contribution in [1.82, 2.24) is 4.68 Å². The molecular weight excluding hydrogens is 218 g/mol. The van der Waals surface area contributed by atoms with Crippen molar-refractivity contribution in [3.05, 3.63) is 30.0 Å². The Labute approximate surface area is 99.1 Å². The van der Waals surface area contributed by atoms with Gasteiger partial charge < -0.3 is 10.5 Å². The van der Waals surface area contributed by atoms with Gasteiger partial charge in [-0.15, -0.1) is 0 Å². The predicted molar refractivity (Wildman–Crippen MR) is 66.6 cm³/mol. The number of rotatable bonds is 3. The molecule has 5 nitrogen and oxygen atoms in total. The maximum absolute atomic E-state index is 11.3. The lowest BCUT2D eigenvalue weighted by molar-refractivity contribution is -0.115. The molecule has 0 saturated heterocycles. The van der Waals surface area contributed by atoms with Crippen LogP contribution < -0.4 is 15.9 Å². The molecule has 1 aromatic carbocycles. The van der Waals surface area contributed by atoms with Crippen molar-refractivity contribution in [3.8, 4) is 5.75 Å². The second kappa shape index (κ2) is 4.47. The third kappa shape index (κ3) is 2.09. The fourth-order valence-corrected chi connectivity index (χ4v) is 1.77. The molecule has 0 radical (unpaired) electrons. The third-order valence-electron chi connectivity index (χ3n) is 2.64. The number of benzene rings is 1. The van der Waals surface area contributed by atoms with Gasteiger partial charge in [-0.2, -0.15) is 0 Å². The minimum Gasteiger partial charge on any atom is -0.497 e. The normalized spacial score (nSPS) is 10.5. The molecular formula is C12H15N3O2. The van der Waals surface area contributed by atoms with Crippen LogP contribution in [0.3, 0.4) is 0 Å². The molecule has 0 aliphatic rings. The zero-order valence-electron chi connectivity index (χ0n) is 9.86. The topological polar surface area (TPSA) is 69.3 Å². The van der Waals surface area contributed by atoms with E-state index < -0.39 is 0 Å². The van der Waals surface area contributed by atoms with E-state index in [-0.39, 0.29) is 12.5 Å². The van der Waals surface area contributed by atoms with Crippen LogP contribution in [0.4, 0.5) is 0 Å². The quantitative estimate of drug-likeness (QED) is 0.830. The summed E-state index contributed by atoms with van der Waals surface area (Å²) in [6.07, 6.45) is 1.86. The maximum Gasteiger partial charge on any atom is 0.252 e. The highest BCUT2D eigenvalue weighted by Crippen LogP contribution is 2.24. The average Bonchev–Trinajstić information content (AvgIpc) is 2.65. The van der Waals surface area contributed by atoms with Crippen LogP contribution in [0.5, 0.6) is 5.75 Å². The van der Waals surface area contributed by atoms with E-state index in [9.17, 15) is 4.79 Å². The molecule has 3 N–H and O–H groups in total. The lowest BCUT2D eigenvalue weighted by Gasteiger charge is -2.06. The summed E-state index contributed by atoms with van der Waals surface area (Å²) in [5.74, 6) is 0.571. The maximum atomic E-state index is 11.3. The van der Waals surface area contributed by atoms with E-state index >= 15 is 0 Å². The van der Waals surface area contributed by atoms with Crippen molar-refractivity contribution < 1.29 is 9.53 Å². The van der Waals surface area contributed by atoms with Crippen molar-refractivity contribution in [2.24, 2.45) is 5.73 Å². The second-order valence-electron chi connectivity index (χ2n) is 3.80. The summed E-state index contributed by atoms with van der Waals surface area (Å²) in [7, 11) is 1.63. The number of aryl methyl sites for hydroxylation is 1. The lowest BCUT2D eigenvalue weighted by atomic mass is 10.2. The number of nitrogens with one attached hydrogen (secondary N) is 1. The van der Waals surface area contributed by atoms with E-state index in [1.165, 1.54) is 0 Å². The SMILES string of the molecule is COc1ccc2c(c1)c(C)cn2NC(=O)CN. The minimum atomic E-state index is -0.224. The second-order valence-corrected chi connectivity index (χ2v) is 3.80. The molecule has 1 aromatic heterocycles. The molecule has 0 aliphatic heterocycles. The van der Waals surface area contributed by atoms with E-state index in [2.05, 4.69) is 5.43 Å². The molecule has 17 heavy (non-hydrogen) atoms. The number of hydrogen-bond donors (Lipinski definition) is 2. The van der Waals surface area contributed by atoms with Gasteiger partial charge in [0, 0.05) is 11.6 Å². The predicted octanol–water partition coefficient (Wildman–Crippen LogP) is 0.987. The Balaban J connectivity index is 2.48. The highest BCUT2D eigenvalue weighted by atomic mass is 16.5. The molecule has 0 fully saturated rings. The molecule has 0 unspecified atom stereocenters. The molecule has 90 valence electrons. The third-order valence-corrected chi connectivity index (χ3v) is 2.64. The van der Waals surface area contributed by atoms with E-state index in [0.29, 0.717) is 0 Å². The van der Waals surface area contributed by atoms with E-state index in [1.54, 1.807) is 11.8 Å². The van der Waals surface area contributed by atoms with Crippen molar-refractivity contribution >= 4 is 16.8 Å². The highest BCUT2D eigenvalue weighted by Gasteiger charge is 2.08. The van der Waals surface area contributed by atoms with Crippen molar-refractivity contribution in [1.29, 1.82) is 0 Å². The van der Waals surface area contributed by atoms with E-state index in [0.717, 1.165) is 22.2 Å². The Morgan fingerprint density at radius 3 is 2.94 bits per heavy atom. The molecule has 0 aliphatic carbocycles. The van der Waals surface area contributed by atoms with Gasteiger partial charge in [0.2, 0.25) is 0 Å². The van der Waals surface area contributed by atoms with E-state index in [4.69, 9.17) is 10.5 Å². The summed E-state index contributed by atoms with van der Waals surface area (Å²) < 4.78 is 6.85. The molecule has 0 bridgehead atoms. The zero-order chi connectivity index (χ0) is 12.4. The summed E-state index contributed by atoms with van der Waals surface area (Å²) in [5, 5.41) is 1.04. The fourth-order valence-electron chi connectivity index (χ4n) is 1.77.